The third-order valence-corrected chi connectivity index (χ3v) is 5.54. The lowest BCUT2D eigenvalue weighted by Crippen LogP contribution is -2.23. The van der Waals surface area contributed by atoms with Crippen LogP contribution in [-0.2, 0) is 14.8 Å². The van der Waals surface area contributed by atoms with Crippen LogP contribution in [0.2, 0.25) is 5.02 Å². The summed E-state index contributed by atoms with van der Waals surface area (Å²) in [6.07, 6.45) is 2.96. The molecule has 26 heavy (non-hydrogen) atoms. The number of methoxy groups -OCH3 is 1. The first-order valence-electron chi connectivity index (χ1n) is 7.59. The SMILES string of the molecule is COc1ccc(NC(=O)/C=C/c2cccc(Cl)c2)cc1S(=O)(=O)N(C)C. The molecule has 0 aliphatic heterocycles. The highest BCUT2D eigenvalue weighted by atomic mass is 35.5. The summed E-state index contributed by atoms with van der Waals surface area (Å²) in [6, 6.07) is 11.5. The second-order valence-electron chi connectivity index (χ2n) is 5.53. The van der Waals surface area contributed by atoms with E-state index in [1.165, 1.54) is 39.4 Å². The number of sulfonamides is 1. The number of hydrogen-bond donors (Lipinski definition) is 1. The molecule has 0 aromatic heterocycles. The summed E-state index contributed by atoms with van der Waals surface area (Å²) in [6.45, 7) is 0. The third kappa shape index (κ3) is 4.85. The van der Waals surface area contributed by atoms with Gasteiger partial charge < -0.3 is 10.1 Å². The number of rotatable bonds is 6. The molecule has 0 atom stereocenters. The monoisotopic (exact) mass is 394 g/mol. The molecule has 0 radical (unpaired) electrons. The molecule has 8 heteroatoms. The van der Waals surface area contributed by atoms with Gasteiger partial charge >= 0.3 is 0 Å². The molecule has 6 nitrogen and oxygen atoms in total. The number of nitrogens with one attached hydrogen (secondary N) is 1. The molecule has 0 aliphatic rings. The minimum absolute atomic E-state index is 0.0263. The van der Waals surface area contributed by atoms with Crippen LogP contribution in [0.5, 0.6) is 5.75 Å². The van der Waals surface area contributed by atoms with Gasteiger partial charge in [0.2, 0.25) is 15.9 Å². The summed E-state index contributed by atoms with van der Waals surface area (Å²) < 4.78 is 31.0. The fraction of sp³-hybridized carbons (Fsp3) is 0.167. The number of carbonyl (C=O) groups excluding carboxylic acids is 1. The molecule has 0 spiro atoms. The van der Waals surface area contributed by atoms with Crippen molar-refractivity contribution >= 4 is 39.3 Å². The molecule has 0 heterocycles. The van der Waals surface area contributed by atoms with Crippen molar-refractivity contribution in [1.82, 2.24) is 4.31 Å². The molecular formula is C18H19ClN2O4S. The van der Waals surface area contributed by atoms with Crippen molar-refractivity contribution in [2.45, 2.75) is 4.90 Å². The number of benzene rings is 2. The molecule has 2 rings (SSSR count). The summed E-state index contributed by atoms with van der Waals surface area (Å²) in [5, 5.41) is 3.20. The highest BCUT2D eigenvalue weighted by Gasteiger charge is 2.22. The number of halogens is 1. The van der Waals surface area contributed by atoms with Gasteiger partial charge in [-0.25, -0.2) is 12.7 Å². The molecule has 0 bridgehead atoms. The van der Waals surface area contributed by atoms with Gasteiger partial charge in [-0.15, -0.1) is 0 Å². The van der Waals surface area contributed by atoms with E-state index in [1.54, 1.807) is 30.3 Å². The maximum Gasteiger partial charge on any atom is 0.248 e. The predicted molar refractivity (Wildman–Crippen MR) is 103 cm³/mol. The van der Waals surface area contributed by atoms with Crippen LogP contribution in [-0.4, -0.2) is 39.8 Å². The van der Waals surface area contributed by atoms with Crippen molar-refractivity contribution in [3.63, 3.8) is 0 Å². The lowest BCUT2D eigenvalue weighted by Gasteiger charge is -2.15. The average Bonchev–Trinajstić information content (AvgIpc) is 2.60. The second kappa shape index (κ2) is 8.35. The van der Waals surface area contributed by atoms with Gasteiger partial charge in [0.25, 0.3) is 0 Å². The van der Waals surface area contributed by atoms with Crippen LogP contribution in [0, 0.1) is 0 Å². The van der Waals surface area contributed by atoms with Crippen molar-refractivity contribution in [2.24, 2.45) is 0 Å². The van der Waals surface area contributed by atoms with E-state index in [1.807, 2.05) is 6.07 Å². The molecule has 2 aromatic rings. The Morgan fingerprint density at radius 2 is 1.92 bits per heavy atom. The Morgan fingerprint density at radius 1 is 1.19 bits per heavy atom. The van der Waals surface area contributed by atoms with E-state index in [9.17, 15) is 13.2 Å². The van der Waals surface area contributed by atoms with Gasteiger partial charge in [-0.05, 0) is 42.0 Å². The fourth-order valence-electron chi connectivity index (χ4n) is 2.12. The molecule has 138 valence electrons. The Morgan fingerprint density at radius 3 is 2.54 bits per heavy atom. The predicted octanol–water partition coefficient (Wildman–Crippen LogP) is 3.25. The van der Waals surface area contributed by atoms with Gasteiger partial charge in [-0.2, -0.15) is 0 Å². The largest absolute Gasteiger partial charge is 0.495 e. The minimum atomic E-state index is -3.71. The zero-order chi connectivity index (χ0) is 19.3. The summed E-state index contributed by atoms with van der Waals surface area (Å²) >= 11 is 5.90. The maximum atomic E-state index is 12.4. The van der Waals surface area contributed by atoms with Crippen molar-refractivity contribution in [1.29, 1.82) is 0 Å². The zero-order valence-corrected chi connectivity index (χ0v) is 16.1. The van der Waals surface area contributed by atoms with E-state index in [-0.39, 0.29) is 10.6 Å². The summed E-state index contributed by atoms with van der Waals surface area (Å²) in [7, 11) is 0.520. The number of ether oxygens (including phenoxy) is 1. The Bertz CT molecular complexity index is 940. The summed E-state index contributed by atoms with van der Waals surface area (Å²) in [5.74, 6) is -0.200. The van der Waals surface area contributed by atoms with Gasteiger partial charge in [0.05, 0.1) is 7.11 Å². The third-order valence-electron chi connectivity index (χ3n) is 3.47. The summed E-state index contributed by atoms with van der Waals surface area (Å²) in [4.78, 5) is 12.1. The van der Waals surface area contributed by atoms with Gasteiger partial charge in [0.15, 0.2) is 0 Å². The van der Waals surface area contributed by atoms with Crippen molar-refractivity contribution in [3.8, 4) is 5.75 Å². The number of nitrogens with zero attached hydrogens (tertiary/aromatic N) is 1. The van der Waals surface area contributed by atoms with E-state index >= 15 is 0 Å². The van der Waals surface area contributed by atoms with E-state index < -0.39 is 15.9 Å². The Kier molecular flexibility index (Phi) is 6.42. The van der Waals surface area contributed by atoms with Crippen LogP contribution >= 0.6 is 11.6 Å². The van der Waals surface area contributed by atoms with Crippen LogP contribution < -0.4 is 10.1 Å². The number of amides is 1. The topological polar surface area (TPSA) is 75.7 Å². The van der Waals surface area contributed by atoms with E-state index in [4.69, 9.17) is 16.3 Å². The van der Waals surface area contributed by atoms with Crippen molar-refractivity contribution in [3.05, 3.63) is 59.1 Å². The molecular weight excluding hydrogens is 376 g/mol. The minimum Gasteiger partial charge on any atom is -0.495 e. The second-order valence-corrected chi connectivity index (χ2v) is 8.09. The molecule has 0 saturated carbocycles. The van der Waals surface area contributed by atoms with E-state index in [2.05, 4.69) is 5.32 Å². The number of hydrogen-bond acceptors (Lipinski definition) is 4. The molecule has 2 aromatic carbocycles. The van der Waals surface area contributed by atoms with Crippen LogP contribution in [0.1, 0.15) is 5.56 Å². The normalized spacial score (nSPS) is 11.7. The van der Waals surface area contributed by atoms with Gasteiger partial charge in [-0.3, -0.25) is 4.79 Å². The van der Waals surface area contributed by atoms with Crippen LogP contribution in [0.25, 0.3) is 6.08 Å². The van der Waals surface area contributed by atoms with E-state index in [0.717, 1.165) is 9.87 Å². The molecule has 0 saturated heterocycles. The van der Waals surface area contributed by atoms with Crippen LogP contribution in [0.3, 0.4) is 0 Å². The fourth-order valence-corrected chi connectivity index (χ4v) is 3.39. The smallest absolute Gasteiger partial charge is 0.248 e. The van der Waals surface area contributed by atoms with Gasteiger partial charge in [0, 0.05) is 30.9 Å². The lowest BCUT2D eigenvalue weighted by molar-refractivity contribution is -0.111. The van der Waals surface area contributed by atoms with Gasteiger partial charge in [-0.1, -0.05) is 23.7 Å². The molecule has 1 N–H and O–H groups in total. The van der Waals surface area contributed by atoms with Crippen molar-refractivity contribution < 1.29 is 17.9 Å². The van der Waals surface area contributed by atoms with E-state index in [0.29, 0.717) is 10.7 Å². The zero-order valence-electron chi connectivity index (χ0n) is 14.6. The summed E-state index contributed by atoms with van der Waals surface area (Å²) in [5.41, 5.74) is 1.12. The molecule has 0 aliphatic carbocycles. The highest BCUT2D eigenvalue weighted by molar-refractivity contribution is 7.89. The van der Waals surface area contributed by atoms with Crippen LogP contribution in [0.15, 0.2) is 53.4 Å². The maximum absolute atomic E-state index is 12.4. The first-order valence-corrected chi connectivity index (χ1v) is 9.41. The first kappa shape index (κ1) is 20.0. The average molecular weight is 395 g/mol. The standard InChI is InChI=1S/C18H19ClN2O4S/c1-21(2)26(23,24)17-12-15(8-9-16(17)25-3)20-18(22)10-7-13-5-4-6-14(19)11-13/h4-12H,1-3H3,(H,20,22)/b10-7+. The molecule has 0 unspecified atom stereocenters. The molecule has 1 amide bonds. The molecule has 0 fully saturated rings. The number of anilines is 1. The quantitative estimate of drug-likeness (QED) is 0.763. The van der Waals surface area contributed by atoms with Gasteiger partial charge in [0.1, 0.15) is 10.6 Å². The van der Waals surface area contributed by atoms with Crippen LogP contribution in [0.4, 0.5) is 5.69 Å². The Labute approximate surface area is 158 Å². The Balaban J connectivity index is 2.23. The lowest BCUT2D eigenvalue weighted by atomic mass is 10.2. The first-order chi connectivity index (χ1) is 12.2. The number of carbonyl (C=O) groups is 1. The Hall–Kier alpha value is -2.35. The van der Waals surface area contributed by atoms with Crippen molar-refractivity contribution in [2.75, 3.05) is 26.5 Å². The highest BCUT2D eigenvalue weighted by Crippen LogP contribution is 2.28.